The van der Waals surface area contributed by atoms with E-state index in [1.807, 2.05) is 32.6 Å². The van der Waals surface area contributed by atoms with E-state index in [0.717, 1.165) is 32.2 Å². The number of likely N-dealkylation sites (N-methyl/N-ethyl adjacent to an activating group) is 1. The number of ether oxygens (including phenoxy) is 2. The summed E-state index contributed by atoms with van der Waals surface area (Å²) in [5, 5.41) is 9.52. The lowest BCUT2D eigenvalue weighted by Gasteiger charge is -2.41. The molecule has 0 radical (unpaired) electrons. The molecule has 4 atom stereocenters. The second-order valence-corrected chi connectivity index (χ2v) is 10.2. The van der Waals surface area contributed by atoms with Crippen molar-refractivity contribution < 1.29 is 14.3 Å². The molecular weight excluding hydrogens is 408 g/mol. The first-order valence-electron chi connectivity index (χ1n) is 11.6. The van der Waals surface area contributed by atoms with Crippen molar-refractivity contribution in [3.63, 3.8) is 0 Å². The lowest BCUT2D eigenvalue weighted by Crippen LogP contribution is -2.57. The molecule has 32 heavy (non-hydrogen) atoms. The van der Waals surface area contributed by atoms with Crippen LogP contribution in [0.15, 0.2) is 6.07 Å². The van der Waals surface area contributed by atoms with Crippen LogP contribution in [-0.2, 0) is 4.74 Å². The number of amides is 1. The van der Waals surface area contributed by atoms with Gasteiger partial charge in [0.25, 0.3) is 0 Å². The number of nitrogens with zero attached hydrogens (tertiary/aromatic N) is 6. The fourth-order valence-electron chi connectivity index (χ4n) is 5.16. The Labute approximate surface area is 190 Å². The van der Waals surface area contributed by atoms with Gasteiger partial charge in [0.15, 0.2) is 0 Å². The zero-order valence-corrected chi connectivity index (χ0v) is 19.7. The molecule has 1 aromatic rings. The molecule has 9 heteroatoms. The highest BCUT2D eigenvalue weighted by Crippen LogP contribution is 2.34. The number of nitriles is 1. The quantitative estimate of drug-likeness (QED) is 0.703. The molecule has 1 amide bonds. The number of anilines is 1. The molecule has 0 N–H and O–H groups in total. The fraction of sp³-hybridized carbons (Fsp3) is 0.739. The lowest BCUT2D eigenvalue weighted by atomic mass is 10.1. The number of piperazine rings is 1. The standard InChI is InChI=1S/C23H34N6O3/c1-15(19-7-6-10-27(19)5)31-21-25-16(12-24)11-20(26-21)28-13-17-8-9-18(14-28)29(17)22(30)32-23(2,3)4/h11,15,17-19H,6-10,13-14H2,1-5H3/t15-,17?,18?,19-/m0/s1. The Morgan fingerprint density at radius 1 is 1.22 bits per heavy atom. The van der Waals surface area contributed by atoms with Gasteiger partial charge in [-0.25, -0.2) is 4.79 Å². The summed E-state index contributed by atoms with van der Waals surface area (Å²) in [6, 6.07) is 4.55. The first kappa shape index (κ1) is 22.6. The van der Waals surface area contributed by atoms with Gasteiger partial charge in [-0.05, 0) is 67.0 Å². The van der Waals surface area contributed by atoms with Crippen LogP contribution in [0.25, 0.3) is 0 Å². The van der Waals surface area contributed by atoms with E-state index in [0.29, 0.717) is 30.6 Å². The van der Waals surface area contributed by atoms with Crippen LogP contribution in [0.1, 0.15) is 59.1 Å². The Hall–Kier alpha value is -2.60. The highest BCUT2D eigenvalue weighted by molar-refractivity contribution is 5.70. The topological polar surface area (TPSA) is 94.8 Å². The van der Waals surface area contributed by atoms with Crippen molar-refractivity contribution in [2.45, 2.75) is 83.2 Å². The van der Waals surface area contributed by atoms with Gasteiger partial charge >= 0.3 is 12.1 Å². The van der Waals surface area contributed by atoms with Crippen LogP contribution in [0.4, 0.5) is 10.6 Å². The number of hydrogen-bond acceptors (Lipinski definition) is 8. The van der Waals surface area contributed by atoms with E-state index < -0.39 is 5.60 Å². The van der Waals surface area contributed by atoms with Crippen molar-refractivity contribution in [1.29, 1.82) is 5.26 Å². The number of likely N-dealkylation sites (tertiary alicyclic amines) is 1. The average molecular weight is 443 g/mol. The summed E-state index contributed by atoms with van der Waals surface area (Å²) in [6.45, 7) is 10.1. The number of rotatable bonds is 4. The molecule has 0 aromatic carbocycles. The normalized spacial score (nSPS) is 26.7. The molecule has 174 valence electrons. The molecule has 2 bridgehead atoms. The summed E-state index contributed by atoms with van der Waals surface area (Å²) < 4.78 is 11.7. The first-order chi connectivity index (χ1) is 15.1. The Morgan fingerprint density at radius 3 is 2.47 bits per heavy atom. The largest absolute Gasteiger partial charge is 0.459 e. The summed E-state index contributed by atoms with van der Waals surface area (Å²) in [6.07, 6.45) is 3.80. The highest BCUT2D eigenvalue weighted by Gasteiger charge is 2.44. The molecule has 3 fully saturated rings. The molecule has 3 aliphatic rings. The van der Waals surface area contributed by atoms with Gasteiger partial charge in [0.05, 0.1) is 12.1 Å². The van der Waals surface area contributed by atoms with E-state index in [4.69, 9.17) is 9.47 Å². The number of carbonyl (C=O) groups excluding carboxylic acids is 1. The summed E-state index contributed by atoms with van der Waals surface area (Å²) in [5.74, 6) is 0.680. The van der Waals surface area contributed by atoms with Gasteiger partial charge in [0.1, 0.15) is 29.3 Å². The zero-order valence-electron chi connectivity index (χ0n) is 19.7. The molecule has 4 heterocycles. The van der Waals surface area contributed by atoms with E-state index >= 15 is 0 Å². The van der Waals surface area contributed by atoms with Gasteiger partial charge < -0.3 is 14.4 Å². The number of hydrogen-bond donors (Lipinski definition) is 0. The van der Waals surface area contributed by atoms with Gasteiger partial charge in [0.2, 0.25) is 0 Å². The Balaban J connectivity index is 1.49. The molecular formula is C23H34N6O3. The summed E-state index contributed by atoms with van der Waals surface area (Å²) in [5.41, 5.74) is -0.225. The van der Waals surface area contributed by atoms with E-state index in [1.165, 1.54) is 0 Å². The maximum Gasteiger partial charge on any atom is 0.410 e. The Kier molecular flexibility index (Phi) is 6.17. The predicted octanol–water partition coefficient (Wildman–Crippen LogP) is 2.80. The summed E-state index contributed by atoms with van der Waals surface area (Å²) >= 11 is 0. The van der Waals surface area contributed by atoms with Crippen molar-refractivity contribution in [1.82, 2.24) is 19.8 Å². The summed E-state index contributed by atoms with van der Waals surface area (Å²) in [7, 11) is 2.11. The van der Waals surface area contributed by atoms with Crippen LogP contribution in [0.3, 0.4) is 0 Å². The second kappa shape index (κ2) is 8.74. The van der Waals surface area contributed by atoms with Crippen LogP contribution < -0.4 is 9.64 Å². The van der Waals surface area contributed by atoms with Crippen LogP contribution in [0, 0.1) is 11.3 Å². The van der Waals surface area contributed by atoms with Crippen molar-refractivity contribution in [2.75, 3.05) is 31.6 Å². The fourth-order valence-corrected chi connectivity index (χ4v) is 5.16. The first-order valence-corrected chi connectivity index (χ1v) is 11.6. The minimum Gasteiger partial charge on any atom is -0.459 e. The third-order valence-electron chi connectivity index (χ3n) is 6.63. The van der Waals surface area contributed by atoms with E-state index in [9.17, 15) is 10.1 Å². The Bertz CT molecular complexity index is 881. The van der Waals surface area contributed by atoms with Gasteiger partial charge in [-0.2, -0.15) is 15.2 Å². The van der Waals surface area contributed by atoms with E-state index in [1.54, 1.807) is 6.07 Å². The highest BCUT2D eigenvalue weighted by atomic mass is 16.6. The van der Waals surface area contributed by atoms with Gasteiger partial charge in [-0.3, -0.25) is 9.80 Å². The third kappa shape index (κ3) is 4.75. The van der Waals surface area contributed by atoms with Crippen molar-refractivity contribution >= 4 is 11.9 Å². The van der Waals surface area contributed by atoms with Crippen LogP contribution in [-0.4, -0.2) is 82.4 Å². The number of aromatic nitrogens is 2. The number of fused-ring (bicyclic) bond motifs is 2. The smallest absolute Gasteiger partial charge is 0.410 e. The average Bonchev–Trinajstić information content (AvgIpc) is 3.26. The van der Waals surface area contributed by atoms with Gasteiger partial charge in [-0.15, -0.1) is 0 Å². The third-order valence-corrected chi connectivity index (χ3v) is 6.63. The predicted molar refractivity (Wildman–Crippen MR) is 120 cm³/mol. The molecule has 0 saturated carbocycles. The molecule has 4 rings (SSSR count). The lowest BCUT2D eigenvalue weighted by molar-refractivity contribution is 0.0122. The Morgan fingerprint density at radius 2 is 1.91 bits per heavy atom. The zero-order chi connectivity index (χ0) is 23.0. The molecule has 3 saturated heterocycles. The van der Waals surface area contributed by atoms with Gasteiger partial charge in [0, 0.05) is 25.2 Å². The molecule has 1 aromatic heterocycles. The second-order valence-electron chi connectivity index (χ2n) is 10.2. The SMILES string of the molecule is C[C@H](Oc1nc(C#N)cc(N2CC3CCC(C2)N3C(=O)OC(C)(C)C)n1)[C@@H]1CCCN1C. The van der Waals surface area contributed by atoms with Crippen LogP contribution in [0.2, 0.25) is 0 Å². The molecule has 3 aliphatic heterocycles. The van der Waals surface area contributed by atoms with Crippen molar-refractivity contribution in [3.8, 4) is 12.1 Å². The number of carbonyl (C=O) groups is 1. The molecule has 2 unspecified atom stereocenters. The van der Waals surface area contributed by atoms with Crippen LogP contribution >= 0.6 is 0 Å². The maximum absolute atomic E-state index is 12.7. The minimum atomic E-state index is -0.516. The molecule has 9 nitrogen and oxygen atoms in total. The molecule has 0 spiro atoms. The van der Waals surface area contributed by atoms with Gasteiger partial charge in [-0.1, -0.05) is 0 Å². The van der Waals surface area contributed by atoms with Crippen LogP contribution in [0.5, 0.6) is 6.01 Å². The van der Waals surface area contributed by atoms with E-state index in [2.05, 4.69) is 32.9 Å². The molecule has 0 aliphatic carbocycles. The van der Waals surface area contributed by atoms with Crippen molar-refractivity contribution in [2.24, 2.45) is 0 Å². The summed E-state index contributed by atoms with van der Waals surface area (Å²) in [4.78, 5) is 28.0. The van der Waals surface area contributed by atoms with E-state index in [-0.39, 0.29) is 30.3 Å². The minimum absolute atomic E-state index is 0.0653. The van der Waals surface area contributed by atoms with Crippen molar-refractivity contribution in [3.05, 3.63) is 11.8 Å². The maximum atomic E-state index is 12.7. The monoisotopic (exact) mass is 442 g/mol.